The number of hydrogen-bond acceptors (Lipinski definition) is 1. The average Bonchev–Trinajstić information content (AvgIpc) is 2.49. The Balaban J connectivity index is 1.87. The van der Waals surface area contributed by atoms with E-state index in [1.165, 1.54) is 0 Å². The van der Waals surface area contributed by atoms with Crippen LogP contribution in [0.1, 0.15) is 42.2 Å². The molecular weight excluding hydrogens is 268 g/mol. The molecule has 0 saturated heterocycles. The summed E-state index contributed by atoms with van der Waals surface area (Å²) in [6.07, 6.45) is 3.01. The predicted molar refractivity (Wildman–Crippen MR) is 82.2 cm³/mol. The van der Waals surface area contributed by atoms with Crippen molar-refractivity contribution in [1.82, 2.24) is 0 Å². The van der Waals surface area contributed by atoms with Gasteiger partial charge in [-0.25, -0.2) is 0 Å². The summed E-state index contributed by atoms with van der Waals surface area (Å²) in [6, 6.07) is 17.8. The smallest absolute Gasteiger partial charge is 0.147 e. The quantitative estimate of drug-likeness (QED) is 0.762. The van der Waals surface area contributed by atoms with E-state index in [1.807, 2.05) is 42.5 Å². The van der Waals surface area contributed by atoms with Gasteiger partial charge in [0.25, 0.3) is 0 Å². The molecule has 2 aromatic rings. The molecule has 2 atom stereocenters. The Hall–Kier alpha value is -1.60. The Bertz CT molecular complexity index is 589. The monoisotopic (exact) mass is 284 g/mol. The zero-order chi connectivity index (χ0) is 13.9. The zero-order valence-electron chi connectivity index (χ0n) is 11.3. The van der Waals surface area contributed by atoms with Crippen LogP contribution in [0.2, 0.25) is 5.02 Å². The lowest BCUT2D eigenvalue weighted by atomic mass is 9.74. The summed E-state index contributed by atoms with van der Waals surface area (Å²) >= 11 is 5.93. The number of hydrogen-bond donors (Lipinski definition) is 0. The average molecular weight is 285 g/mol. The number of ketones is 1. The summed E-state index contributed by atoms with van der Waals surface area (Å²) in [4.78, 5) is 12.8. The highest BCUT2D eigenvalue weighted by Gasteiger charge is 2.32. The number of halogens is 1. The first kappa shape index (κ1) is 13.4. The van der Waals surface area contributed by atoms with Crippen molar-refractivity contribution in [3.63, 3.8) is 0 Å². The molecule has 2 heteroatoms. The number of carbonyl (C=O) groups excluding carboxylic acids is 1. The van der Waals surface area contributed by atoms with Gasteiger partial charge in [0.15, 0.2) is 0 Å². The van der Waals surface area contributed by atoms with E-state index >= 15 is 0 Å². The van der Waals surface area contributed by atoms with Crippen molar-refractivity contribution in [2.45, 2.75) is 31.1 Å². The molecule has 1 fully saturated rings. The van der Waals surface area contributed by atoms with Crippen LogP contribution >= 0.6 is 11.6 Å². The first-order chi connectivity index (χ1) is 9.75. The predicted octanol–water partition coefficient (Wildman–Crippen LogP) is 4.96. The van der Waals surface area contributed by atoms with Gasteiger partial charge in [-0.15, -0.1) is 0 Å². The molecule has 0 N–H and O–H groups in total. The van der Waals surface area contributed by atoms with Crippen molar-refractivity contribution in [1.29, 1.82) is 0 Å². The molecule has 0 bridgehead atoms. The highest BCUT2D eigenvalue weighted by Crippen LogP contribution is 2.38. The SMILES string of the molecule is O=C1C(c2ccccc2)CCCC1c1ccc(Cl)cc1. The van der Waals surface area contributed by atoms with Crippen LogP contribution in [0.4, 0.5) is 0 Å². The molecule has 1 aliphatic rings. The Morgan fingerprint density at radius 1 is 0.800 bits per heavy atom. The van der Waals surface area contributed by atoms with Crippen LogP contribution < -0.4 is 0 Å². The van der Waals surface area contributed by atoms with Gasteiger partial charge in [0, 0.05) is 16.9 Å². The van der Waals surface area contributed by atoms with Gasteiger partial charge in [0.1, 0.15) is 5.78 Å². The Kier molecular flexibility index (Phi) is 3.88. The molecule has 0 spiro atoms. The first-order valence-corrected chi connectivity index (χ1v) is 7.47. The van der Waals surface area contributed by atoms with Crippen molar-refractivity contribution >= 4 is 17.4 Å². The maximum absolute atomic E-state index is 12.8. The fourth-order valence-electron chi connectivity index (χ4n) is 3.10. The largest absolute Gasteiger partial charge is 0.298 e. The minimum atomic E-state index is 0.0197. The van der Waals surface area contributed by atoms with Crippen LogP contribution in [0.15, 0.2) is 54.6 Å². The van der Waals surface area contributed by atoms with Crippen molar-refractivity contribution in [3.8, 4) is 0 Å². The zero-order valence-corrected chi connectivity index (χ0v) is 12.0. The Morgan fingerprint density at radius 3 is 1.95 bits per heavy atom. The summed E-state index contributed by atoms with van der Waals surface area (Å²) in [5.41, 5.74) is 2.25. The van der Waals surface area contributed by atoms with Crippen LogP contribution in [-0.4, -0.2) is 5.78 Å². The molecule has 0 radical (unpaired) electrons. The third kappa shape index (κ3) is 2.64. The molecule has 20 heavy (non-hydrogen) atoms. The van der Waals surface area contributed by atoms with E-state index in [-0.39, 0.29) is 11.8 Å². The van der Waals surface area contributed by atoms with E-state index in [4.69, 9.17) is 11.6 Å². The molecule has 0 heterocycles. The van der Waals surface area contributed by atoms with Gasteiger partial charge in [-0.05, 0) is 36.1 Å². The second-order valence-corrected chi connectivity index (χ2v) is 5.84. The molecular formula is C18H17ClO. The molecule has 2 aromatic carbocycles. The maximum Gasteiger partial charge on any atom is 0.147 e. The van der Waals surface area contributed by atoms with Crippen molar-refractivity contribution in [2.24, 2.45) is 0 Å². The molecule has 1 nitrogen and oxygen atoms in total. The minimum absolute atomic E-state index is 0.0197. The van der Waals surface area contributed by atoms with Gasteiger partial charge in [-0.1, -0.05) is 60.5 Å². The van der Waals surface area contributed by atoms with Gasteiger partial charge in [-0.3, -0.25) is 4.79 Å². The summed E-state index contributed by atoms with van der Waals surface area (Å²) in [6.45, 7) is 0. The molecule has 102 valence electrons. The third-order valence-corrected chi connectivity index (χ3v) is 4.40. The van der Waals surface area contributed by atoms with Crippen LogP contribution in [0.3, 0.4) is 0 Å². The van der Waals surface area contributed by atoms with Gasteiger partial charge < -0.3 is 0 Å². The van der Waals surface area contributed by atoms with Crippen LogP contribution in [0.5, 0.6) is 0 Å². The van der Waals surface area contributed by atoms with Gasteiger partial charge >= 0.3 is 0 Å². The molecule has 0 amide bonds. The third-order valence-electron chi connectivity index (χ3n) is 4.15. The normalized spacial score (nSPS) is 22.8. The van der Waals surface area contributed by atoms with E-state index in [9.17, 15) is 4.79 Å². The van der Waals surface area contributed by atoms with Gasteiger partial charge in [0.05, 0.1) is 0 Å². The number of rotatable bonds is 2. The van der Waals surface area contributed by atoms with Crippen molar-refractivity contribution in [3.05, 3.63) is 70.7 Å². The summed E-state index contributed by atoms with van der Waals surface area (Å²) < 4.78 is 0. The van der Waals surface area contributed by atoms with Crippen molar-refractivity contribution in [2.75, 3.05) is 0 Å². The highest BCUT2D eigenvalue weighted by atomic mass is 35.5. The first-order valence-electron chi connectivity index (χ1n) is 7.10. The fraction of sp³-hybridized carbons (Fsp3) is 0.278. The molecule has 3 rings (SSSR count). The van der Waals surface area contributed by atoms with Gasteiger partial charge in [-0.2, -0.15) is 0 Å². The molecule has 1 saturated carbocycles. The molecule has 1 aliphatic carbocycles. The molecule has 0 aliphatic heterocycles. The second-order valence-electron chi connectivity index (χ2n) is 5.40. The second kappa shape index (κ2) is 5.80. The lowest BCUT2D eigenvalue weighted by Crippen LogP contribution is -2.25. The summed E-state index contributed by atoms with van der Waals surface area (Å²) in [5, 5.41) is 0.719. The van der Waals surface area contributed by atoms with Gasteiger partial charge in [0.2, 0.25) is 0 Å². The highest BCUT2D eigenvalue weighted by molar-refractivity contribution is 6.30. The van der Waals surface area contributed by atoms with E-state index in [1.54, 1.807) is 0 Å². The topological polar surface area (TPSA) is 17.1 Å². The standard InChI is InChI=1S/C18H17ClO/c19-15-11-9-14(10-12-15)17-8-4-7-16(18(17)20)13-5-2-1-3-6-13/h1-3,5-6,9-12,16-17H,4,7-8H2. The fourth-order valence-corrected chi connectivity index (χ4v) is 3.22. The maximum atomic E-state index is 12.8. The van der Waals surface area contributed by atoms with E-state index < -0.39 is 0 Å². The molecule has 0 aromatic heterocycles. The lowest BCUT2D eigenvalue weighted by molar-refractivity contribution is -0.123. The van der Waals surface area contributed by atoms with E-state index in [0.717, 1.165) is 35.4 Å². The summed E-state index contributed by atoms with van der Waals surface area (Å²) in [7, 11) is 0. The van der Waals surface area contributed by atoms with E-state index in [0.29, 0.717) is 5.78 Å². The molecule has 2 unspecified atom stereocenters. The van der Waals surface area contributed by atoms with Crippen LogP contribution in [0, 0.1) is 0 Å². The van der Waals surface area contributed by atoms with Crippen LogP contribution in [0.25, 0.3) is 0 Å². The van der Waals surface area contributed by atoms with E-state index in [2.05, 4.69) is 12.1 Å². The Labute approximate surface area is 124 Å². The van der Waals surface area contributed by atoms with Crippen molar-refractivity contribution < 1.29 is 4.79 Å². The number of benzene rings is 2. The number of carbonyl (C=O) groups is 1. The minimum Gasteiger partial charge on any atom is -0.298 e. The Morgan fingerprint density at radius 2 is 1.35 bits per heavy atom. The lowest BCUT2D eigenvalue weighted by Gasteiger charge is -2.28. The summed E-state index contributed by atoms with van der Waals surface area (Å²) in [5.74, 6) is 0.418. The number of Topliss-reactive ketones (excluding diaryl/α,β-unsaturated/α-hetero) is 1. The van der Waals surface area contributed by atoms with Crippen LogP contribution in [-0.2, 0) is 4.79 Å².